The topological polar surface area (TPSA) is 66.8 Å². The Bertz CT molecular complexity index is 1400. The van der Waals surface area contributed by atoms with Crippen molar-refractivity contribution >= 4 is 46.3 Å². The molecule has 10 heteroatoms. The van der Waals surface area contributed by atoms with Gasteiger partial charge in [-0.05, 0) is 54.4 Å². The lowest BCUT2D eigenvalue weighted by molar-refractivity contribution is -0.137. The molecule has 186 valence electrons. The fourth-order valence-corrected chi connectivity index (χ4v) is 4.76. The Hall–Kier alpha value is -3.49. The highest BCUT2D eigenvalue weighted by atomic mass is 35.5. The van der Waals surface area contributed by atoms with E-state index in [9.17, 15) is 27.9 Å². The Kier molecular flexibility index (Phi) is 6.77. The molecular weight excluding hydrogens is 518 g/mol. The number of anilines is 1. The summed E-state index contributed by atoms with van der Waals surface area (Å²) in [5, 5.41) is 11.6. The van der Waals surface area contributed by atoms with Gasteiger partial charge in [0.25, 0.3) is 11.7 Å². The van der Waals surface area contributed by atoms with Gasteiger partial charge in [0.05, 0.1) is 34.9 Å². The molecule has 0 bridgehead atoms. The number of halogens is 5. The second kappa shape index (κ2) is 9.52. The number of ether oxygens (including phenoxy) is 1. The van der Waals surface area contributed by atoms with E-state index in [1.807, 2.05) is 0 Å². The minimum absolute atomic E-state index is 0.0148. The van der Waals surface area contributed by atoms with Crippen LogP contribution in [0.2, 0.25) is 10.0 Å². The van der Waals surface area contributed by atoms with Gasteiger partial charge < -0.3 is 9.84 Å². The van der Waals surface area contributed by atoms with Crippen LogP contribution in [-0.2, 0) is 15.8 Å². The maximum Gasteiger partial charge on any atom is 0.416 e. The van der Waals surface area contributed by atoms with Crippen LogP contribution in [0.1, 0.15) is 28.3 Å². The van der Waals surface area contributed by atoms with E-state index >= 15 is 0 Å². The molecule has 1 amide bonds. The number of amides is 1. The summed E-state index contributed by atoms with van der Waals surface area (Å²) in [7, 11) is 1.31. The van der Waals surface area contributed by atoms with Crippen molar-refractivity contribution in [3.8, 4) is 5.75 Å². The molecule has 1 atom stereocenters. The number of methoxy groups -OCH3 is 1. The van der Waals surface area contributed by atoms with Crippen molar-refractivity contribution in [3.63, 3.8) is 0 Å². The Morgan fingerprint density at radius 2 is 1.67 bits per heavy atom. The van der Waals surface area contributed by atoms with Crippen LogP contribution < -0.4 is 9.64 Å². The molecule has 5 nitrogen and oxygen atoms in total. The number of Topliss-reactive ketones (excluding diaryl/α,β-unsaturated/α-hetero) is 1. The predicted octanol–water partition coefficient (Wildman–Crippen LogP) is 6.96. The van der Waals surface area contributed by atoms with Crippen LogP contribution in [0.3, 0.4) is 0 Å². The van der Waals surface area contributed by atoms with Gasteiger partial charge in [-0.3, -0.25) is 14.5 Å². The molecular formula is C26H18Cl2F3NO4. The molecule has 0 aliphatic carbocycles. The average Bonchev–Trinajstić information content (AvgIpc) is 3.08. The molecule has 1 aliphatic heterocycles. The predicted molar refractivity (Wildman–Crippen MR) is 130 cm³/mol. The van der Waals surface area contributed by atoms with Crippen LogP contribution in [0.5, 0.6) is 5.75 Å². The van der Waals surface area contributed by atoms with E-state index < -0.39 is 35.2 Å². The summed E-state index contributed by atoms with van der Waals surface area (Å²) in [6.45, 7) is 1.75. The molecule has 1 aliphatic rings. The summed E-state index contributed by atoms with van der Waals surface area (Å²) < 4.78 is 44.6. The standard InChI is InChI=1S/C26H18Cl2F3NO4/c1-13-5-3-4-6-17(13)21-20(22(33)18-11-15(27)12-19(28)24(18)36-2)23(34)25(35)32(21)16-9-7-14(8-10-16)26(29,30)31/h3-12,21,33H,1-2H3/b22-20+. The van der Waals surface area contributed by atoms with E-state index in [0.717, 1.165) is 29.2 Å². The van der Waals surface area contributed by atoms with Gasteiger partial charge in [0.15, 0.2) is 0 Å². The third kappa shape index (κ3) is 4.42. The second-order valence-electron chi connectivity index (χ2n) is 8.04. The number of nitrogens with zero attached hydrogens (tertiary/aromatic N) is 1. The second-order valence-corrected chi connectivity index (χ2v) is 8.88. The first kappa shape index (κ1) is 25.6. The Morgan fingerprint density at radius 3 is 2.25 bits per heavy atom. The molecule has 3 aromatic rings. The van der Waals surface area contributed by atoms with E-state index in [0.29, 0.717) is 11.1 Å². The summed E-state index contributed by atoms with van der Waals surface area (Å²) >= 11 is 12.3. The summed E-state index contributed by atoms with van der Waals surface area (Å²) in [5.74, 6) is -2.60. The zero-order valence-corrected chi connectivity index (χ0v) is 20.4. The molecule has 0 spiro atoms. The molecule has 0 aromatic heterocycles. The average molecular weight is 536 g/mol. The monoisotopic (exact) mass is 535 g/mol. The maximum atomic E-state index is 13.3. The zero-order chi connectivity index (χ0) is 26.4. The van der Waals surface area contributed by atoms with Crippen LogP contribution in [0, 0.1) is 6.92 Å². The fourth-order valence-electron chi connectivity index (χ4n) is 4.19. The molecule has 3 aromatic carbocycles. The van der Waals surface area contributed by atoms with Crippen molar-refractivity contribution in [1.29, 1.82) is 0 Å². The molecule has 1 N–H and O–H groups in total. The highest BCUT2D eigenvalue weighted by Gasteiger charge is 2.48. The summed E-state index contributed by atoms with van der Waals surface area (Å²) in [6.07, 6.45) is -4.58. The third-order valence-corrected chi connectivity index (χ3v) is 6.37. The Morgan fingerprint density at radius 1 is 1.03 bits per heavy atom. The van der Waals surface area contributed by atoms with Gasteiger partial charge in [0.2, 0.25) is 0 Å². The minimum atomic E-state index is -4.58. The van der Waals surface area contributed by atoms with Gasteiger partial charge in [-0.25, -0.2) is 0 Å². The van der Waals surface area contributed by atoms with Crippen molar-refractivity contribution < 1.29 is 32.6 Å². The molecule has 1 saturated heterocycles. The van der Waals surface area contributed by atoms with Crippen molar-refractivity contribution in [2.75, 3.05) is 12.0 Å². The molecule has 1 heterocycles. The quantitative estimate of drug-likeness (QED) is 0.223. The Labute approximate surface area is 214 Å². The van der Waals surface area contributed by atoms with Gasteiger partial charge in [-0.1, -0.05) is 47.5 Å². The largest absolute Gasteiger partial charge is 0.507 e. The summed E-state index contributed by atoms with van der Waals surface area (Å²) in [4.78, 5) is 27.6. The lowest BCUT2D eigenvalue weighted by Crippen LogP contribution is -2.29. The Balaban J connectivity index is 1.99. The first-order chi connectivity index (χ1) is 17.0. The van der Waals surface area contributed by atoms with Crippen LogP contribution in [-0.4, -0.2) is 23.9 Å². The highest BCUT2D eigenvalue weighted by Crippen LogP contribution is 2.46. The summed E-state index contributed by atoms with van der Waals surface area (Å²) in [5.41, 5.74) is 0.0143. The fraction of sp³-hybridized carbons (Fsp3) is 0.154. The van der Waals surface area contributed by atoms with E-state index in [1.54, 1.807) is 31.2 Å². The van der Waals surface area contributed by atoms with Crippen molar-refractivity contribution in [3.05, 3.63) is 98.5 Å². The number of alkyl halides is 3. The van der Waals surface area contributed by atoms with Gasteiger partial charge >= 0.3 is 6.18 Å². The lowest BCUT2D eigenvalue weighted by Gasteiger charge is -2.27. The van der Waals surface area contributed by atoms with Crippen molar-refractivity contribution in [2.45, 2.75) is 19.1 Å². The third-order valence-electron chi connectivity index (χ3n) is 5.87. The van der Waals surface area contributed by atoms with Crippen LogP contribution in [0.15, 0.2) is 66.2 Å². The molecule has 4 rings (SSSR count). The molecule has 0 radical (unpaired) electrons. The first-order valence-electron chi connectivity index (χ1n) is 10.5. The van der Waals surface area contributed by atoms with Gasteiger partial charge in [0, 0.05) is 10.7 Å². The SMILES string of the molecule is COc1c(Cl)cc(Cl)cc1/C(O)=C1\C(=O)C(=O)N(c2ccc(C(F)(F)F)cc2)C1c1ccccc1C. The van der Waals surface area contributed by atoms with Crippen LogP contribution in [0.4, 0.5) is 18.9 Å². The maximum absolute atomic E-state index is 13.3. The van der Waals surface area contributed by atoms with Gasteiger partial charge in [0.1, 0.15) is 11.5 Å². The number of ketones is 1. The molecule has 0 saturated carbocycles. The number of benzene rings is 3. The van der Waals surface area contributed by atoms with E-state index in [2.05, 4.69) is 0 Å². The molecule has 1 unspecified atom stereocenters. The van der Waals surface area contributed by atoms with Gasteiger partial charge in [-0.15, -0.1) is 0 Å². The summed E-state index contributed by atoms with van der Waals surface area (Å²) in [6, 6.07) is 12.3. The van der Waals surface area contributed by atoms with E-state index in [4.69, 9.17) is 27.9 Å². The van der Waals surface area contributed by atoms with Crippen molar-refractivity contribution in [2.24, 2.45) is 0 Å². The van der Waals surface area contributed by atoms with Crippen molar-refractivity contribution in [1.82, 2.24) is 0 Å². The molecule has 36 heavy (non-hydrogen) atoms. The first-order valence-corrected chi connectivity index (χ1v) is 11.3. The number of aryl methyl sites for hydroxylation is 1. The number of hydrogen-bond donors (Lipinski definition) is 1. The van der Waals surface area contributed by atoms with Crippen LogP contribution in [0.25, 0.3) is 5.76 Å². The number of aliphatic hydroxyl groups excluding tert-OH is 1. The zero-order valence-electron chi connectivity index (χ0n) is 18.9. The number of rotatable bonds is 4. The minimum Gasteiger partial charge on any atom is -0.507 e. The number of carbonyl (C=O) groups is 2. The lowest BCUT2D eigenvalue weighted by atomic mass is 9.92. The normalized spacial score (nSPS) is 17.5. The highest BCUT2D eigenvalue weighted by molar-refractivity contribution is 6.52. The van der Waals surface area contributed by atoms with Crippen LogP contribution >= 0.6 is 23.2 Å². The van der Waals surface area contributed by atoms with Gasteiger partial charge in [-0.2, -0.15) is 13.2 Å². The number of hydrogen-bond acceptors (Lipinski definition) is 4. The number of aliphatic hydroxyl groups is 1. The smallest absolute Gasteiger partial charge is 0.416 e. The van der Waals surface area contributed by atoms with E-state index in [1.165, 1.54) is 19.2 Å². The molecule has 1 fully saturated rings. The van der Waals surface area contributed by atoms with E-state index in [-0.39, 0.29) is 32.6 Å². The number of carbonyl (C=O) groups excluding carboxylic acids is 2.